The monoisotopic (exact) mass is 423 g/mol. The molecular weight excluding hydrogens is 406 g/mol. The van der Waals surface area contributed by atoms with Crippen molar-refractivity contribution >= 4 is 33.6 Å². The highest BCUT2D eigenvalue weighted by molar-refractivity contribution is 7.89. The Balaban J connectivity index is 1.62. The maximum absolute atomic E-state index is 12.7. The van der Waals surface area contributed by atoms with Gasteiger partial charge in [0.2, 0.25) is 10.0 Å². The van der Waals surface area contributed by atoms with Crippen molar-refractivity contribution in [3.05, 3.63) is 77.6 Å². The van der Waals surface area contributed by atoms with Gasteiger partial charge in [-0.3, -0.25) is 15.0 Å². The van der Waals surface area contributed by atoms with E-state index in [-0.39, 0.29) is 16.2 Å². The Labute approximate surface area is 172 Å². The van der Waals surface area contributed by atoms with E-state index in [0.717, 1.165) is 5.56 Å². The number of amides is 2. The van der Waals surface area contributed by atoms with Crippen LogP contribution < -0.4 is 15.6 Å². The lowest BCUT2D eigenvalue weighted by molar-refractivity contribution is -0.117. The summed E-state index contributed by atoms with van der Waals surface area (Å²) in [6, 6.07) is 16.3. The van der Waals surface area contributed by atoms with Crippen LogP contribution in [0.4, 0.5) is 5.69 Å². The summed E-state index contributed by atoms with van der Waals surface area (Å²) in [4.78, 5) is 25.0. The molecule has 0 saturated carbocycles. The maximum Gasteiger partial charge on any atom is 0.282 e. The van der Waals surface area contributed by atoms with Gasteiger partial charge in [-0.15, -0.1) is 0 Å². The first kappa shape index (κ1) is 19.6. The average Bonchev–Trinajstić information content (AvgIpc) is 3.28. The molecule has 0 unspecified atom stereocenters. The van der Waals surface area contributed by atoms with Crippen molar-refractivity contribution in [2.45, 2.75) is 11.8 Å². The second-order valence-corrected chi connectivity index (χ2v) is 8.31. The molecule has 1 aliphatic heterocycles. The Morgan fingerprint density at radius 3 is 2.47 bits per heavy atom. The third kappa shape index (κ3) is 3.76. The number of benzene rings is 2. The second-order valence-electron chi connectivity index (χ2n) is 6.75. The van der Waals surface area contributed by atoms with Crippen molar-refractivity contribution in [1.82, 2.24) is 5.43 Å². The smallest absolute Gasteiger partial charge is 0.282 e. The van der Waals surface area contributed by atoms with E-state index < -0.39 is 21.8 Å². The zero-order chi connectivity index (χ0) is 21.5. The van der Waals surface area contributed by atoms with E-state index in [1.54, 1.807) is 36.4 Å². The van der Waals surface area contributed by atoms with Crippen LogP contribution in [0.1, 0.15) is 11.3 Å². The first-order valence-electron chi connectivity index (χ1n) is 8.89. The highest BCUT2D eigenvalue weighted by atomic mass is 32.2. The molecule has 2 amide bonds. The Morgan fingerprint density at radius 1 is 1.03 bits per heavy atom. The number of sulfonamides is 1. The number of carbonyl (C=O) groups is 2. The van der Waals surface area contributed by atoms with Gasteiger partial charge in [-0.05, 0) is 49.4 Å². The lowest BCUT2D eigenvalue weighted by atomic mass is 10.2. The van der Waals surface area contributed by atoms with Crippen LogP contribution in [0.15, 0.2) is 75.5 Å². The lowest BCUT2D eigenvalue weighted by Crippen LogP contribution is -2.35. The number of aryl methyl sites for hydroxylation is 1. The van der Waals surface area contributed by atoms with Crippen molar-refractivity contribution in [1.29, 1.82) is 0 Å². The fourth-order valence-electron chi connectivity index (χ4n) is 2.99. The summed E-state index contributed by atoms with van der Waals surface area (Å²) in [7, 11) is -3.85. The fraction of sp³-hybridized carbons (Fsp3) is 0.0476. The lowest BCUT2D eigenvalue weighted by Gasteiger charge is -2.14. The van der Waals surface area contributed by atoms with Crippen molar-refractivity contribution in [2.24, 2.45) is 5.14 Å². The van der Waals surface area contributed by atoms with Gasteiger partial charge in [-0.2, -0.15) is 0 Å². The molecule has 30 heavy (non-hydrogen) atoms. The van der Waals surface area contributed by atoms with Gasteiger partial charge in [0.05, 0.1) is 10.6 Å². The van der Waals surface area contributed by atoms with Gasteiger partial charge in [-0.25, -0.2) is 18.6 Å². The molecule has 2 heterocycles. The number of hydrogen-bond donors (Lipinski definition) is 2. The van der Waals surface area contributed by atoms with Crippen LogP contribution in [0, 0.1) is 6.92 Å². The molecular formula is C21H17N3O5S. The number of anilines is 1. The number of nitrogens with two attached hydrogens (primary N) is 1. The zero-order valence-electron chi connectivity index (χ0n) is 15.8. The van der Waals surface area contributed by atoms with Gasteiger partial charge in [0, 0.05) is 5.56 Å². The minimum absolute atomic E-state index is 0.0459. The van der Waals surface area contributed by atoms with Crippen LogP contribution in [0.2, 0.25) is 0 Å². The van der Waals surface area contributed by atoms with Crippen molar-refractivity contribution in [3.8, 4) is 11.3 Å². The molecule has 0 spiro atoms. The van der Waals surface area contributed by atoms with Crippen LogP contribution in [-0.4, -0.2) is 20.2 Å². The summed E-state index contributed by atoms with van der Waals surface area (Å²) in [6.45, 7) is 1.92. The topological polar surface area (TPSA) is 123 Å². The SMILES string of the molecule is Cc1ccc(N2NC(=O)/C(=C/c3ccc(-c4cccc(S(N)(=O)=O)c4)o3)C2=O)cc1. The van der Waals surface area contributed by atoms with E-state index >= 15 is 0 Å². The maximum atomic E-state index is 12.7. The van der Waals surface area contributed by atoms with Crippen molar-refractivity contribution in [3.63, 3.8) is 0 Å². The molecule has 0 aliphatic carbocycles. The number of primary sulfonamides is 1. The number of nitrogens with one attached hydrogen (secondary N) is 1. The zero-order valence-corrected chi connectivity index (χ0v) is 16.6. The summed E-state index contributed by atoms with van der Waals surface area (Å²) in [5.41, 5.74) is 4.52. The van der Waals surface area contributed by atoms with Crippen LogP contribution in [0.3, 0.4) is 0 Å². The van der Waals surface area contributed by atoms with Crippen LogP contribution in [-0.2, 0) is 19.6 Å². The summed E-state index contributed by atoms with van der Waals surface area (Å²) >= 11 is 0. The Hall–Kier alpha value is -3.69. The normalized spacial score (nSPS) is 15.7. The van der Waals surface area contributed by atoms with Gasteiger partial charge >= 0.3 is 0 Å². The molecule has 1 aromatic heterocycles. The Bertz CT molecular complexity index is 1290. The fourth-order valence-corrected chi connectivity index (χ4v) is 3.55. The molecule has 8 nitrogen and oxygen atoms in total. The molecule has 1 saturated heterocycles. The molecule has 152 valence electrons. The first-order chi connectivity index (χ1) is 14.2. The number of carbonyl (C=O) groups excluding carboxylic acids is 2. The van der Waals surface area contributed by atoms with Crippen LogP contribution >= 0.6 is 0 Å². The van der Waals surface area contributed by atoms with E-state index in [0.29, 0.717) is 17.0 Å². The molecule has 3 aromatic rings. The summed E-state index contributed by atoms with van der Waals surface area (Å²) < 4.78 is 28.8. The van der Waals surface area contributed by atoms with Gasteiger partial charge in [0.25, 0.3) is 11.8 Å². The van der Waals surface area contributed by atoms with Crippen LogP contribution in [0.5, 0.6) is 0 Å². The number of nitrogens with zero attached hydrogens (tertiary/aromatic N) is 1. The van der Waals surface area contributed by atoms with Crippen LogP contribution in [0.25, 0.3) is 17.4 Å². The number of furan rings is 1. The third-order valence-corrected chi connectivity index (χ3v) is 5.46. The second kappa shape index (κ2) is 7.29. The van der Waals surface area contributed by atoms with Gasteiger partial charge in [0.1, 0.15) is 17.1 Å². The van der Waals surface area contributed by atoms with Crippen molar-refractivity contribution in [2.75, 3.05) is 5.01 Å². The van der Waals surface area contributed by atoms with E-state index in [1.165, 1.54) is 23.2 Å². The molecule has 3 N–H and O–H groups in total. The van der Waals surface area contributed by atoms with E-state index in [2.05, 4.69) is 5.43 Å². The molecule has 0 atom stereocenters. The largest absolute Gasteiger partial charge is 0.457 e. The summed E-state index contributed by atoms with van der Waals surface area (Å²) in [5.74, 6) is -0.406. The predicted octanol–water partition coefficient (Wildman–Crippen LogP) is 2.36. The molecule has 1 fully saturated rings. The number of rotatable bonds is 4. The first-order valence-corrected chi connectivity index (χ1v) is 10.4. The van der Waals surface area contributed by atoms with E-state index in [1.807, 2.05) is 19.1 Å². The summed E-state index contributed by atoms with van der Waals surface area (Å²) in [6.07, 6.45) is 1.35. The van der Waals surface area contributed by atoms with E-state index in [9.17, 15) is 18.0 Å². The standard InChI is InChI=1S/C21H17N3O5S/c1-13-5-7-15(8-6-13)24-21(26)18(20(25)23-24)12-16-9-10-19(29-16)14-3-2-4-17(11-14)30(22,27)28/h2-12H,1H3,(H,23,25)(H2,22,27,28)/b18-12-. The number of hydrazine groups is 1. The Morgan fingerprint density at radius 2 is 1.77 bits per heavy atom. The average molecular weight is 423 g/mol. The number of hydrogen-bond acceptors (Lipinski definition) is 5. The molecule has 0 bridgehead atoms. The van der Waals surface area contributed by atoms with Crippen molar-refractivity contribution < 1.29 is 22.4 Å². The van der Waals surface area contributed by atoms with Gasteiger partial charge in [0.15, 0.2) is 0 Å². The van der Waals surface area contributed by atoms with Gasteiger partial charge < -0.3 is 4.42 Å². The quantitative estimate of drug-likeness (QED) is 0.493. The molecule has 4 rings (SSSR count). The molecule has 1 aliphatic rings. The van der Waals surface area contributed by atoms with E-state index in [4.69, 9.17) is 9.56 Å². The summed E-state index contributed by atoms with van der Waals surface area (Å²) in [5, 5.41) is 6.34. The molecule has 9 heteroatoms. The third-order valence-electron chi connectivity index (χ3n) is 4.54. The molecule has 0 radical (unpaired) electrons. The minimum atomic E-state index is -3.85. The Kier molecular flexibility index (Phi) is 4.76. The highest BCUT2D eigenvalue weighted by Crippen LogP contribution is 2.27. The highest BCUT2D eigenvalue weighted by Gasteiger charge is 2.34. The minimum Gasteiger partial charge on any atom is -0.457 e. The predicted molar refractivity (Wildman–Crippen MR) is 110 cm³/mol. The van der Waals surface area contributed by atoms with Gasteiger partial charge in [-0.1, -0.05) is 29.8 Å². The molecule has 2 aromatic carbocycles.